The number of para-hydroxylation sites is 1. The van der Waals surface area contributed by atoms with E-state index in [2.05, 4.69) is 15.6 Å². The van der Waals surface area contributed by atoms with E-state index in [0.717, 1.165) is 12.5 Å². The van der Waals surface area contributed by atoms with Gasteiger partial charge in [-0.25, -0.2) is 8.78 Å². The molecule has 0 radical (unpaired) electrons. The van der Waals surface area contributed by atoms with Gasteiger partial charge in [-0.1, -0.05) is 30.3 Å². The van der Waals surface area contributed by atoms with E-state index < -0.39 is 11.3 Å². The normalized spacial score (nSPS) is 17.7. The molecule has 1 aliphatic rings. The predicted molar refractivity (Wildman–Crippen MR) is 129 cm³/mol. The van der Waals surface area contributed by atoms with Gasteiger partial charge in [0, 0.05) is 61.4 Å². The highest BCUT2D eigenvalue weighted by Crippen LogP contribution is 2.35. The molecule has 35 heavy (non-hydrogen) atoms. The summed E-state index contributed by atoms with van der Waals surface area (Å²) >= 11 is 0. The molecule has 1 saturated heterocycles. The van der Waals surface area contributed by atoms with Gasteiger partial charge in [0.2, 0.25) is 5.91 Å². The molecule has 2 N–H and O–H groups in total. The topological polar surface area (TPSA) is 80.3 Å². The highest BCUT2D eigenvalue weighted by Gasteiger charge is 2.44. The third-order valence-corrected chi connectivity index (χ3v) is 6.17. The minimum atomic E-state index is -2.97. The van der Waals surface area contributed by atoms with E-state index in [-0.39, 0.29) is 36.8 Å². The molecule has 6 nitrogen and oxygen atoms in total. The number of nitrogens with one attached hydrogen (secondary N) is 2. The number of halogens is 2. The van der Waals surface area contributed by atoms with Gasteiger partial charge >= 0.3 is 0 Å². The zero-order valence-corrected chi connectivity index (χ0v) is 19.4. The lowest BCUT2D eigenvalue weighted by Gasteiger charge is -2.25. The lowest BCUT2D eigenvalue weighted by molar-refractivity contribution is -0.131. The molecule has 0 aliphatic carbocycles. The lowest BCUT2D eigenvalue weighted by atomic mass is 9.80. The van der Waals surface area contributed by atoms with Gasteiger partial charge in [-0.05, 0) is 42.3 Å². The molecule has 182 valence electrons. The largest absolute Gasteiger partial charge is 0.380 e. The summed E-state index contributed by atoms with van der Waals surface area (Å²) in [6, 6.07) is 16.7. The van der Waals surface area contributed by atoms with Crippen LogP contribution in [0.4, 0.5) is 20.2 Å². The van der Waals surface area contributed by atoms with Crippen molar-refractivity contribution in [3.8, 4) is 0 Å². The maximum Gasteiger partial charge on any atom is 0.272 e. The van der Waals surface area contributed by atoms with Gasteiger partial charge in [0.25, 0.3) is 5.92 Å². The first-order valence-electron chi connectivity index (χ1n) is 11.4. The number of ether oxygens (including phenoxy) is 1. The van der Waals surface area contributed by atoms with Crippen molar-refractivity contribution >= 4 is 23.1 Å². The number of hydrogen-bond donors (Lipinski definition) is 2. The fraction of sp³-hybridized carbons (Fsp3) is 0.296. The Bertz CT molecular complexity index is 1170. The fourth-order valence-corrected chi connectivity index (χ4v) is 4.16. The Kier molecular flexibility index (Phi) is 7.21. The number of anilines is 2. The van der Waals surface area contributed by atoms with Crippen LogP contribution in [0.15, 0.2) is 73.1 Å². The number of aromatic nitrogens is 1. The van der Waals surface area contributed by atoms with Crippen LogP contribution in [0.5, 0.6) is 0 Å². The number of carbonyl (C=O) groups is 2. The Morgan fingerprint density at radius 3 is 2.43 bits per heavy atom. The first kappa shape index (κ1) is 24.5. The Balaban J connectivity index is 1.38. The zero-order valence-electron chi connectivity index (χ0n) is 19.4. The third kappa shape index (κ3) is 5.89. The molecule has 1 amide bonds. The van der Waals surface area contributed by atoms with Crippen LogP contribution in [-0.2, 0) is 22.0 Å². The molecule has 0 spiro atoms. The van der Waals surface area contributed by atoms with Crippen molar-refractivity contribution in [3.63, 3.8) is 0 Å². The number of Topliss-reactive ketones (excluding diaryl/α,β-unsaturated/α-hetero) is 1. The van der Waals surface area contributed by atoms with E-state index in [1.165, 1.54) is 6.07 Å². The van der Waals surface area contributed by atoms with Crippen LogP contribution < -0.4 is 10.6 Å². The molecular formula is C27H27F2N3O3. The van der Waals surface area contributed by atoms with E-state index >= 15 is 0 Å². The summed E-state index contributed by atoms with van der Waals surface area (Å²) in [5.41, 5.74) is 1.36. The minimum absolute atomic E-state index is 0.0627. The molecule has 4 rings (SSSR count). The minimum Gasteiger partial charge on any atom is -0.380 e. The average molecular weight is 480 g/mol. The van der Waals surface area contributed by atoms with Gasteiger partial charge < -0.3 is 15.4 Å². The number of carbonyl (C=O) groups excluding carboxylic acids is 2. The van der Waals surface area contributed by atoms with Crippen molar-refractivity contribution in [1.82, 2.24) is 10.3 Å². The second kappa shape index (κ2) is 10.3. The van der Waals surface area contributed by atoms with Crippen LogP contribution in [0, 0.1) is 5.41 Å². The molecule has 3 aromatic rings. The molecule has 2 heterocycles. The van der Waals surface area contributed by atoms with E-state index in [1.807, 2.05) is 12.1 Å². The number of alkyl halides is 2. The lowest BCUT2D eigenvalue weighted by Crippen LogP contribution is -2.42. The van der Waals surface area contributed by atoms with Crippen LogP contribution in [0.1, 0.15) is 41.3 Å². The Morgan fingerprint density at radius 1 is 1.06 bits per heavy atom. The number of rotatable bonds is 9. The summed E-state index contributed by atoms with van der Waals surface area (Å²) in [5, 5.41) is 5.97. The average Bonchev–Trinajstić information content (AvgIpc) is 3.33. The summed E-state index contributed by atoms with van der Waals surface area (Å²) in [6.45, 7) is 1.76. The van der Waals surface area contributed by atoms with Crippen molar-refractivity contribution in [1.29, 1.82) is 0 Å². The molecule has 8 heteroatoms. The van der Waals surface area contributed by atoms with Gasteiger partial charge in [0.05, 0.1) is 12.0 Å². The standard InChI is InChI=1S/C27H27F2N3O3/c1-26(28,29)22-4-2-3-5-23(22)32-21-8-6-19(7-9-21)17-31-25(34)27(12-15-35-18-27)16-24(33)20-10-13-30-14-11-20/h2-11,13-14,32H,12,15-18H2,1H3,(H,31,34)/t27-/m0/s1. The van der Waals surface area contributed by atoms with Gasteiger partial charge in [0.1, 0.15) is 0 Å². The van der Waals surface area contributed by atoms with Crippen molar-refractivity contribution in [2.75, 3.05) is 18.5 Å². The molecule has 1 aliphatic heterocycles. The maximum absolute atomic E-state index is 13.9. The highest BCUT2D eigenvalue weighted by atomic mass is 19.3. The Hall–Kier alpha value is -3.65. The van der Waals surface area contributed by atoms with E-state index in [9.17, 15) is 18.4 Å². The van der Waals surface area contributed by atoms with Crippen molar-refractivity contribution in [2.24, 2.45) is 5.41 Å². The number of hydrogen-bond acceptors (Lipinski definition) is 5. The highest BCUT2D eigenvalue weighted by molar-refractivity contribution is 5.99. The predicted octanol–water partition coefficient (Wildman–Crippen LogP) is 5.23. The summed E-state index contributed by atoms with van der Waals surface area (Å²) in [6.07, 6.45) is 3.64. The second-order valence-electron chi connectivity index (χ2n) is 8.86. The van der Waals surface area contributed by atoms with E-state index in [4.69, 9.17) is 4.74 Å². The van der Waals surface area contributed by atoms with Crippen molar-refractivity contribution < 1.29 is 23.1 Å². The van der Waals surface area contributed by atoms with Gasteiger partial charge in [0.15, 0.2) is 5.78 Å². The summed E-state index contributed by atoms with van der Waals surface area (Å²) in [5.74, 6) is -3.31. The maximum atomic E-state index is 13.9. The van der Waals surface area contributed by atoms with Crippen LogP contribution in [-0.4, -0.2) is 29.9 Å². The molecule has 1 aromatic heterocycles. The first-order valence-corrected chi connectivity index (χ1v) is 11.4. The molecule has 1 fully saturated rings. The SMILES string of the molecule is CC(F)(F)c1ccccc1Nc1ccc(CNC(=O)[C@]2(CC(=O)c3ccncc3)CCOC2)cc1. The van der Waals surface area contributed by atoms with Crippen LogP contribution in [0.2, 0.25) is 0 Å². The molecule has 1 atom stereocenters. The third-order valence-electron chi connectivity index (χ3n) is 6.17. The first-order chi connectivity index (χ1) is 16.8. The number of nitrogens with zero attached hydrogens (tertiary/aromatic N) is 1. The fourth-order valence-electron chi connectivity index (χ4n) is 4.16. The van der Waals surface area contributed by atoms with Crippen molar-refractivity contribution in [3.05, 3.63) is 89.7 Å². The molecule has 0 unspecified atom stereocenters. The monoisotopic (exact) mass is 479 g/mol. The molecular weight excluding hydrogens is 452 g/mol. The zero-order chi connectivity index (χ0) is 24.9. The van der Waals surface area contributed by atoms with E-state index in [1.54, 1.807) is 54.9 Å². The molecule has 0 bridgehead atoms. The number of amides is 1. The van der Waals surface area contributed by atoms with Crippen molar-refractivity contribution in [2.45, 2.75) is 32.2 Å². The van der Waals surface area contributed by atoms with Crippen LogP contribution in [0.3, 0.4) is 0 Å². The molecule has 2 aromatic carbocycles. The Labute approximate surface area is 202 Å². The quantitative estimate of drug-likeness (QED) is 0.411. The molecule has 0 saturated carbocycles. The van der Waals surface area contributed by atoms with Gasteiger partial charge in [-0.3, -0.25) is 14.6 Å². The van der Waals surface area contributed by atoms with Crippen LogP contribution >= 0.6 is 0 Å². The number of pyridine rings is 1. The van der Waals surface area contributed by atoms with Gasteiger partial charge in [-0.2, -0.15) is 0 Å². The summed E-state index contributed by atoms with van der Waals surface area (Å²) < 4.78 is 33.2. The number of benzene rings is 2. The summed E-state index contributed by atoms with van der Waals surface area (Å²) in [4.78, 5) is 29.8. The smallest absolute Gasteiger partial charge is 0.272 e. The second-order valence-corrected chi connectivity index (χ2v) is 8.86. The van der Waals surface area contributed by atoms with Crippen LogP contribution in [0.25, 0.3) is 0 Å². The van der Waals surface area contributed by atoms with Gasteiger partial charge in [-0.15, -0.1) is 0 Å². The number of ketones is 1. The van der Waals surface area contributed by atoms with E-state index in [0.29, 0.717) is 30.0 Å². The Morgan fingerprint density at radius 2 is 1.77 bits per heavy atom. The summed E-state index contributed by atoms with van der Waals surface area (Å²) in [7, 11) is 0.